The van der Waals surface area contributed by atoms with Crippen molar-refractivity contribution < 1.29 is 9.53 Å². The molecule has 2 aliphatic rings. The first kappa shape index (κ1) is 19.3. The average molecular weight is 360 g/mol. The quantitative estimate of drug-likeness (QED) is 0.719. The molecule has 0 spiro atoms. The highest BCUT2D eigenvalue weighted by Gasteiger charge is 2.22. The zero-order valence-corrected chi connectivity index (χ0v) is 15.9. The van der Waals surface area contributed by atoms with E-state index in [2.05, 4.69) is 45.4 Å². The third-order valence-electron chi connectivity index (χ3n) is 5.56. The summed E-state index contributed by atoms with van der Waals surface area (Å²) in [7, 11) is 0. The van der Waals surface area contributed by atoms with Crippen molar-refractivity contribution in [2.45, 2.75) is 25.7 Å². The van der Waals surface area contributed by atoms with Crippen LogP contribution in [-0.4, -0.2) is 74.7 Å². The topological polar surface area (TPSA) is 44.8 Å². The molecule has 2 saturated heterocycles. The predicted octanol–water partition coefficient (Wildman–Crippen LogP) is 1.78. The van der Waals surface area contributed by atoms with Gasteiger partial charge >= 0.3 is 0 Å². The standard InChI is InChI=1S/C21H33N3O2/c25-21(6-9-22-10-13-23-14-16-26-17-15-23)24-11-7-20(8-12-24)18-19-4-2-1-3-5-19/h1-5,20,22H,6-18H2. The van der Waals surface area contributed by atoms with E-state index < -0.39 is 0 Å². The number of nitrogens with zero attached hydrogens (tertiary/aromatic N) is 2. The van der Waals surface area contributed by atoms with Crippen molar-refractivity contribution >= 4 is 5.91 Å². The summed E-state index contributed by atoms with van der Waals surface area (Å²) in [4.78, 5) is 16.9. The maximum absolute atomic E-state index is 12.4. The molecule has 144 valence electrons. The van der Waals surface area contributed by atoms with E-state index in [9.17, 15) is 4.79 Å². The lowest BCUT2D eigenvalue weighted by Crippen LogP contribution is -2.42. The molecule has 2 aliphatic heterocycles. The Labute approximate surface area is 157 Å². The largest absolute Gasteiger partial charge is 0.379 e. The Morgan fingerprint density at radius 2 is 1.77 bits per heavy atom. The summed E-state index contributed by atoms with van der Waals surface area (Å²) in [6.07, 6.45) is 4.02. The summed E-state index contributed by atoms with van der Waals surface area (Å²) >= 11 is 0. The van der Waals surface area contributed by atoms with Crippen molar-refractivity contribution in [3.05, 3.63) is 35.9 Å². The molecule has 0 bridgehead atoms. The number of likely N-dealkylation sites (tertiary alicyclic amines) is 1. The highest BCUT2D eigenvalue weighted by Crippen LogP contribution is 2.21. The maximum Gasteiger partial charge on any atom is 0.223 e. The molecular weight excluding hydrogens is 326 g/mol. The second-order valence-electron chi connectivity index (χ2n) is 7.47. The number of rotatable bonds is 8. The number of carbonyl (C=O) groups excluding carboxylic acids is 1. The van der Waals surface area contributed by atoms with E-state index in [0.29, 0.717) is 18.2 Å². The number of carbonyl (C=O) groups is 1. The van der Waals surface area contributed by atoms with Crippen LogP contribution in [0, 0.1) is 5.92 Å². The molecule has 2 heterocycles. The number of hydrogen-bond donors (Lipinski definition) is 1. The second kappa shape index (κ2) is 10.7. The number of ether oxygens (including phenoxy) is 1. The molecule has 0 unspecified atom stereocenters. The van der Waals surface area contributed by atoms with Gasteiger partial charge < -0.3 is 15.0 Å². The van der Waals surface area contributed by atoms with Gasteiger partial charge in [0, 0.05) is 52.2 Å². The molecule has 0 atom stereocenters. The van der Waals surface area contributed by atoms with Gasteiger partial charge in [-0.2, -0.15) is 0 Å². The maximum atomic E-state index is 12.4. The Hall–Kier alpha value is -1.43. The van der Waals surface area contributed by atoms with Gasteiger partial charge in [-0.25, -0.2) is 0 Å². The second-order valence-corrected chi connectivity index (χ2v) is 7.47. The van der Waals surface area contributed by atoms with Crippen LogP contribution in [0.2, 0.25) is 0 Å². The Balaban J connectivity index is 1.25. The summed E-state index contributed by atoms with van der Waals surface area (Å²) in [5.74, 6) is 1.02. The SMILES string of the molecule is O=C(CCNCCN1CCOCC1)N1CCC(Cc2ccccc2)CC1. The van der Waals surface area contributed by atoms with Gasteiger partial charge in [-0.05, 0) is 30.7 Å². The van der Waals surface area contributed by atoms with Gasteiger partial charge in [0.1, 0.15) is 0 Å². The fourth-order valence-electron chi connectivity index (χ4n) is 3.87. The van der Waals surface area contributed by atoms with Crippen LogP contribution >= 0.6 is 0 Å². The van der Waals surface area contributed by atoms with E-state index in [1.54, 1.807) is 0 Å². The zero-order chi connectivity index (χ0) is 18.0. The molecule has 5 heteroatoms. The van der Waals surface area contributed by atoms with E-state index in [0.717, 1.165) is 78.3 Å². The first-order chi connectivity index (χ1) is 12.8. The molecule has 0 saturated carbocycles. The molecule has 3 rings (SSSR count). The minimum atomic E-state index is 0.307. The lowest BCUT2D eigenvalue weighted by Gasteiger charge is -2.32. The predicted molar refractivity (Wildman–Crippen MR) is 104 cm³/mol. The van der Waals surface area contributed by atoms with Crippen LogP contribution in [0.15, 0.2) is 30.3 Å². The van der Waals surface area contributed by atoms with Crippen LogP contribution in [0.1, 0.15) is 24.8 Å². The van der Waals surface area contributed by atoms with E-state index in [1.807, 2.05) is 0 Å². The lowest BCUT2D eigenvalue weighted by molar-refractivity contribution is -0.132. The molecule has 0 aliphatic carbocycles. The zero-order valence-electron chi connectivity index (χ0n) is 15.9. The van der Waals surface area contributed by atoms with Crippen molar-refractivity contribution in [3.63, 3.8) is 0 Å². The summed E-state index contributed by atoms with van der Waals surface area (Å²) in [6.45, 7) is 8.37. The number of hydrogen-bond acceptors (Lipinski definition) is 4. The van der Waals surface area contributed by atoms with Crippen molar-refractivity contribution in [2.75, 3.05) is 59.0 Å². The Kier molecular flexibility index (Phi) is 7.92. The first-order valence-electron chi connectivity index (χ1n) is 10.1. The van der Waals surface area contributed by atoms with Gasteiger partial charge in [-0.1, -0.05) is 30.3 Å². The van der Waals surface area contributed by atoms with E-state index in [1.165, 1.54) is 5.56 Å². The highest BCUT2D eigenvalue weighted by atomic mass is 16.5. The Bertz CT molecular complexity index is 523. The molecule has 0 radical (unpaired) electrons. The minimum Gasteiger partial charge on any atom is -0.379 e. The van der Waals surface area contributed by atoms with Crippen molar-refractivity contribution in [1.82, 2.24) is 15.1 Å². The van der Waals surface area contributed by atoms with Gasteiger partial charge in [-0.3, -0.25) is 9.69 Å². The van der Waals surface area contributed by atoms with Gasteiger partial charge in [0.15, 0.2) is 0 Å². The van der Waals surface area contributed by atoms with Crippen LogP contribution in [-0.2, 0) is 16.0 Å². The normalized spacial score (nSPS) is 19.6. The molecule has 0 aromatic heterocycles. The molecular formula is C21H33N3O2. The Morgan fingerprint density at radius 1 is 1.04 bits per heavy atom. The van der Waals surface area contributed by atoms with Crippen LogP contribution in [0.25, 0.3) is 0 Å². The highest BCUT2D eigenvalue weighted by molar-refractivity contribution is 5.76. The number of benzene rings is 1. The summed E-state index contributed by atoms with van der Waals surface area (Å²) in [6, 6.07) is 10.7. The van der Waals surface area contributed by atoms with Crippen molar-refractivity contribution in [3.8, 4) is 0 Å². The third kappa shape index (κ3) is 6.38. The Morgan fingerprint density at radius 3 is 2.50 bits per heavy atom. The van der Waals surface area contributed by atoms with E-state index >= 15 is 0 Å². The van der Waals surface area contributed by atoms with Crippen LogP contribution in [0.4, 0.5) is 0 Å². The molecule has 5 nitrogen and oxygen atoms in total. The van der Waals surface area contributed by atoms with Crippen molar-refractivity contribution in [1.29, 1.82) is 0 Å². The summed E-state index contributed by atoms with van der Waals surface area (Å²) in [5.41, 5.74) is 1.42. The van der Waals surface area contributed by atoms with Gasteiger partial charge in [0.2, 0.25) is 5.91 Å². The van der Waals surface area contributed by atoms with Crippen LogP contribution < -0.4 is 5.32 Å². The fourth-order valence-corrected chi connectivity index (χ4v) is 3.87. The lowest BCUT2D eigenvalue weighted by atomic mass is 9.90. The van der Waals surface area contributed by atoms with E-state index in [4.69, 9.17) is 4.74 Å². The summed E-state index contributed by atoms with van der Waals surface area (Å²) < 4.78 is 5.35. The number of nitrogens with one attached hydrogen (secondary N) is 1. The van der Waals surface area contributed by atoms with E-state index in [-0.39, 0.29) is 0 Å². The number of morpholine rings is 1. The van der Waals surface area contributed by atoms with Gasteiger partial charge in [0.05, 0.1) is 13.2 Å². The monoisotopic (exact) mass is 359 g/mol. The molecule has 1 aromatic rings. The van der Waals surface area contributed by atoms with Crippen LogP contribution in [0.3, 0.4) is 0 Å². The van der Waals surface area contributed by atoms with Gasteiger partial charge in [-0.15, -0.1) is 0 Å². The molecule has 2 fully saturated rings. The average Bonchev–Trinajstić information content (AvgIpc) is 2.70. The summed E-state index contributed by atoms with van der Waals surface area (Å²) in [5, 5.41) is 3.41. The molecule has 1 N–H and O–H groups in total. The molecule has 1 amide bonds. The first-order valence-corrected chi connectivity index (χ1v) is 10.1. The fraction of sp³-hybridized carbons (Fsp3) is 0.667. The third-order valence-corrected chi connectivity index (χ3v) is 5.56. The van der Waals surface area contributed by atoms with Gasteiger partial charge in [0.25, 0.3) is 0 Å². The molecule has 1 aromatic carbocycles. The van der Waals surface area contributed by atoms with Crippen LogP contribution in [0.5, 0.6) is 0 Å². The number of piperidine rings is 1. The van der Waals surface area contributed by atoms with Crippen molar-refractivity contribution in [2.24, 2.45) is 5.92 Å². The minimum absolute atomic E-state index is 0.307. The number of amides is 1. The molecule has 26 heavy (non-hydrogen) atoms. The smallest absolute Gasteiger partial charge is 0.223 e.